The van der Waals surface area contributed by atoms with Gasteiger partial charge in [-0.05, 0) is 18.2 Å². The van der Waals surface area contributed by atoms with Crippen molar-refractivity contribution in [2.75, 3.05) is 25.1 Å². The van der Waals surface area contributed by atoms with Gasteiger partial charge in [-0.3, -0.25) is 0 Å². The number of aliphatic hydroxyl groups is 1. The summed E-state index contributed by atoms with van der Waals surface area (Å²) in [5.41, 5.74) is -1.33. The molecular weight excluding hydrogens is 251 g/mol. The van der Waals surface area contributed by atoms with E-state index >= 15 is 0 Å². The fourth-order valence-corrected chi connectivity index (χ4v) is 1.49. The van der Waals surface area contributed by atoms with E-state index in [2.05, 4.69) is 0 Å². The molecular formula is C11H12F3NO3. The predicted molar refractivity (Wildman–Crippen MR) is 58.8 cm³/mol. The summed E-state index contributed by atoms with van der Waals surface area (Å²) in [5.74, 6) is -1.44. The van der Waals surface area contributed by atoms with Crippen LogP contribution < -0.4 is 4.90 Å². The van der Waals surface area contributed by atoms with Crippen molar-refractivity contribution in [1.29, 1.82) is 0 Å². The number of carboxylic acids is 1. The Kier molecular flexibility index (Phi) is 4.18. The van der Waals surface area contributed by atoms with Gasteiger partial charge in [0.1, 0.15) is 0 Å². The molecule has 18 heavy (non-hydrogen) atoms. The van der Waals surface area contributed by atoms with Crippen LogP contribution in [0, 0.1) is 0 Å². The van der Waals surface area contributed by atoms with E-state index in [1.807, 2.05) is 0 Å². The summed E-state index contributed by atoms with van der Waals surface area (Å²) >= 11 is 0. The van der Waals surface area contributed by atoms with E-state index in [9.17, 15) is 18.0 Å². The van der Waals surface area contributed by atoms with Gasteiger partial charge in [0.15, 0.2) is 0 Å². The molecule has 1 aromatic rings. The quantitative estimate of drug-likeness (QED) is 0.870. The Hall–Kier alpha value is -1.76. The van der Waals surface area contributed by atoms with Crippen LogP contribution in [0.2, 0.25) is 0 Å². The maximum atomic E-state index is 12.5. The molecule has 1 aromatic carbocycles. The van der Waals surface area contributed by atoms with E-state index in [1.54, 1.807) is 0 Å². The topological polar surface area (TPSA) is 60.8 Å². The van der Waals surface area contributed by atoms with Crippen molar-refractivity contribution >= 4 is 11.7 Å². The van der Waals surface area contributed by atoms with Crippen LogP contribution in [-0.4, -0.2) is 36.4 Å². The summed E-state index contributed by atoms with van der Waals surface area (Å²) in [4.78, 5) is 12.3. The summed E-state index contributed by atoms with van der Waals surface area (Å²) < 4.78 is 37.4. The third-order valence-electron chi connectivity index (χ3n) is 2.40. The summed E-state index contributed by atoms with van der Waals surface area (Å²) in [5, 5.41) is 17.7. The van der Waals surface area contributed by atoms with E-state index < -0.39 is 23.3 Å². The Labute approximate surface area is 101 Å². The normalized spacial score (nSPS) is 11.4. The molecule has 100 valence electrons. The van der Waals surface area contributed by atoms with Crippen molar-refractivity contribution < 1.29 is 28.2 Å². The summed E-state index contributed by atoms with van der Waals surface area (Å²) in [7, 11) is 1.49. The largest absolute Gasteiger partial charge is 0.478 e. The lowest BCUT2D eigenvalue weighted by molar-refractivity contribution is -0.137. The van der Waals surface area contributed by atoms with Crippen molar-refractivity contribution in [3.8, 4) is 0 Å². The molecule has 0 spiro atoms. The van der Waals surface area contributed by atoms with E-state index in [4.69, 9.17) is 10.2 Å². The highest BCUT2D eigenvalue weighted by atomic mass is 19.4. The van der Waals surface area contributed by atoms with Crippen LogP contribution in [0.1, 0.15) is 15.9 Å². The number of benzene rings is 1. The molecule has 4 nitrogen and oxygen atoms in total. The Morgan fingerprint density at radius 1 is 1.39 bits per heavy atom. The first-order chi connectivity index (χ1) is 8.27. The third kappa shape index (κ3) is 3.13. The molecule has 0 amide bonds. The molecule has 0 heterocycles. The Balaban J connectivity index is 3.25. The van der Waals surface area contributed by atoms with Crippen molar-refractivity contribution in [1.82, 2.24) is 0 Å². The highest BCUT2D eigenvalue weighted by Crippen LogP contribution is 2.32. The minimum atomic E-state index is -4.59. The molecule has 0 saturated heterocycles. The molecule has 0 fully saturated rings. The first-order valence-corrected chi connectivity index (χ1v) is 5.04. The first-order valence-electron chi connectivity index (χ1n) is 5.04. The van der Waals surface area contributed by atoms with Crippen LogP contribution in [0.5, 0.6) is 0 Å². The molecule has 2 N–H and O–H groups in total. The van der Waals surface area contributed by atoms with Crippen molar-refractivity contribution in [3.05, 3.63) is 29.3 Å². The lowest BCUT2D eigenvalue weighted by Crippen LogP contribution is -2.24. The second kappa shape index (κ2) is 5.26. The van der Waals surface area contributed by atoms with E-state index in [0.29, 0.717) is 6.07 Å². The summed E-state index contributed by atoms with van der Waals surface area (Å²) in [6.45, 7) is -0.0950. The van der Waals surface area contributed by atoms with Crippen LogP contribution in [0.25, 0.3) is 0 Å². The van der Waals surface area contributed by atoms with Gasteiger partial charge >= 0.3 is 12.1 Å². The van der Waals surface area contributed by atoms with Crippen LogP contribution in [0.15, 0.2) is 18.2 Å². The number of likely N-dealkylation sites (N-methyl/N-ethyl adjacent to an activating group) is 1. The zero-order valence-electron chi connectivity index (χ0n) is 9.53. The van der Waals surface area contributed by atoms with E-state index in [1.165, 1.54) is 11.9 Å². The number of carboxylic acid groups (broad SMARTS) is 1. The van der Waals surface area contributed by atoms with E-state index in [-0.39, 0.29) is 18.8 Å². The Bertz CT molecular complexity index is 446. The van der Waals surface area contributed by atoms with Gasteiger partial charge < -0.3 is 15.1 Å². The zero-order valence-corrected chi connectivity index (χ0v) is 9.53. The van der Waals surface area contributed by atoms with Gasteiger partial charge in [-0.2, -0.15) is 13.2 Å². The molecule has 0 aliphatic rings. The zero-order chi connectivity index (χ0) is 13.9. The monoisotopic (exact) mass is 263 g/mol. The van der Waals surface area contributed by atoms with Gasteiger partial charge in [-0.25, -0.2) is 4.79 Å². The van der Waals surface area contributed by atoms with Crippen LogP contribution in [0.4, 0.5) is 18.9 Å². The van der Waals surface area contributed by atoms with Gasteiger partial charge in [0.05, 0.1) is 23.4 Å². The number of carbonyl (C=O) groups is 1. The van der Waals surface area contributed by atoms with Gasteiger partial charge in [0.25, 0.3) is 0 Å². The molecule has 0 radical (unpaired) electrons. The molecule has 0 aromatic heterocycles. The molecule has 0 atom stereocenters. The Morgan fingerprint density at radius 3 is 2.44 bits per heavy atom. The van der Waals surface area contributed by atoms with Crippen molar-refractivity contribution in [3.63, 3.8) is 0 Å². The number of aliphatic hydroxyl groups excluding tert-OH is 1. The molecule has 7 heteroatoms. The highest BCUT2D eigenvalue weighted by molar-refractivity contribution is 5.94. The number of hydrogen-bond acceptors (Lipinski definition) is 3. The average Bonchev–Trinajstić information content (AvgIpc) is 2.27. The van der Waals surface area contributed by atoms with Crippen LogP contribution in [0.3, 0.4) is 0 Å². The first kappa shape index (κ1) is 14.3. The number of nitrogens with zero attached hydrogens (tertiary/aromatic N) is 1. The predicted octanol–water partition coefficient (Wildman–Crippen LogP) is 1.83. The molecule has 0 unspecified atom stereocenters. The SMILES string of the molecule is CN(CCO)c1ccc(C(F)(F)F)cc1C(=O)O. The molecule has 0 aliphatic heterocycles. The van der Waals surface area contributed by atoms with Crippen molar-refractivity contribution in [2.45, 2.75) is 6.18 Å². The molecule has 0 bridgehead atoms. The van der Waals surface area contributed by atoms with Gasteiger partial charge in [0.2, 0.25) is 0 Å². The molecule has 0 saturated carbocycles. The smallest absolute Gasteiger partial charge is 0.416 e. The minimum Gasteiger partial charge on any atom is -0.478 e. The average molecular weight is 263 g/mol. The Morgan fingerprint density at radius 2 is 2.00 bits per heavy atom. The number of rotatable bonds is 4. The fraction of sp³-hybridized carbons (Fsp3) is 0.364. The van der Waals surface area contributed by atoms with E-state index in [0.717, 1.165) is 12.1 Å². The number of aromatic carboxylic acids is 1. The van der Waals surface area contributed by atoms with Crippen LogP contribution in [-0.2, 0) is 6.18 Å². The van der Waals surface area contributed by atoms with Crippen LogP contribution >= 0.6 is 0 Å². The standard InChI is InChI=1S/C11H12F3NO3/c1-15(4-5-16)9-3-2-7(11(12,13)14)6-8(9)10(17)18/h2-3,6,16H,4-5H2,1H3,(H,17,18). The molecule has 1 rings (SSSR count). The fourth-order valence-electron chi connectivity index (χ4n) is 1.49. The number of anilines is 1. The maximum Gasteiger partial charge on any atom is 0.416 e. The summed E-state index contributed by atoms with van der Waals surface area (Å²) in [6.07, 6.45) is -4.59. The van der Waals surface area contributed by atoms with Gasteiger partial charge in [0, 0.05) is 13.6 Å². The second-order valence-corrected chi connectivity index (χ2v) is 3.68. The lowest BCUT2D eigenvalue weighted by atomic mass is 10.1. The maximum absolute atomic E-state index is 12.5. The highest BCUT2D eigenvalue weighted by Gasteiger charge is 2.32. The number of alkyl halides is 3. The third-order valence-corrected chi connectivity index (χ3v) is 2.40. The van der Waals surface area contributed by atoms with Crippen molar-refractivity contribution in [2.24, 2.45) is 0 Å². The van der Waals surface area contributed by atoms with Gasteiger partial charge in [-0.15, -0.1) is 0 Å². The number of halogens is 3. The summed E-state index contributed by atoms with van der Waals surface area (Å²) in [6, 6.07) is 2.49. The number of hydrogen-bond donors (Lipinski definition) is 2. The minimum absolute atomic E-state index is 0.129. The lowest BCUT2D eigenvalue weighted by Gasteiger charge is -2.21. The molecule has 0 aliphatic carbocycles. The second-order valence-electron chi connectivity index (χ2n) is 3.68. The van der Waals surface area contributed by atoms with Gasteiger partial charge in [-0.1, -0.05) is 0 Å².